The van der Waals surface area contributed by atoms with Crippen molar-refractivity contribution in [3.05, 3.63) is 34.4 Å². The van der Waals surface area contributed by atoms with E-state index in [-0.39, 0.29) is 5.69 Å². The SMILES string of the molecule is CC1CCCN(Oc2ccccc2[N+](=O)[O-])C1. The fraction of sp³-hybridized carbons (Fsp3) is 0.500. The average Bonchev–Trinajstić information content (AvgIpc) is 2.29. The number of rotatable bonds is 3. The van der Waals surface area contributed by atoms with E-state index in [2.05, 4.69) is 6.92 Å². The normalized spacial score (nSPS) is 21.1. The molecule has 0 saturated carbocycles. The Hall–Kier alpha value is -1.62. The zero-order valence-corrected chi connectivity index (χ0v) is 9.83. The number of para-hydroxylation sites is 2. The molecule has 1 aromatic rings. The molecule has 0 aliphatic carbocycles. The summed E-state index contributed by atoms with van der Waals surface area (Å²) in [7, 11) is 0. The van der Waals surface area contributed by atoms with E-state index in [0.29, 0.717) is 11.7 Å². The van der Waals surface area contributed by atoms with Gasteiger partial charge in [-0.2, -0.15) is 0 Å². The number of hydroxylamine groups is 2. The summed E-state index contributed by atoms with van der Waals surface area (Å²) in [5.41, 5.74) is 0.0192. The summed E-state index contributed by atoms with van der Waals surface area (Å²) in [6.45, 7) is 3.82. The molecule has 1 atom stereocenters. The molecule has 1 aliphatic heterocycles. The standard InChI is InChI=1S/C12H16N2O3/c1-10-5-4-8-13(9-10)17-12-7-3-2-6-11(12)14(15)16/h2-3,6-7,10H,4-5,8-9H2,1H3. The molecule has 1 saturated heterocycles. The third-order valence-electron chi connectivity index (χ3n) is 2.91. The van der Waals surface area contributed by atoms with Crippen molar-refractivity contribution in [3.8, 4) is 5.75 Å². The highest BCUT2D eigenvalue weighted by Crippen LogP contribution is 2.28. The van der Waals surface area contributed by atoms with Crippen molar-refractivity contribution in [2.45, 2.75) is 19.8 Å². The van der Waals surface area contributed by atoms with Gasteiger partial charge < -0.3 is 4.84 Å². The minimum absolute atomic E-state index is 0.0192. The van der Waals surface area contributed by atoms with Crippen molar-refractivity contribution in [1.29, 1.82) is 0 Å². The number of hydrogen-bond acceptors (Lipinski definition) is 4. The molecule has 1 aromatic carbocycles. The topological polar surface area (TPSA) is 55.6 Å². The van der Waals surface area contributed by atoms with Crippen LogP contribution in [-0.4, -0.2) is 23.1 Å². The summed E-state index contributed by atoms with van der Waals surface area (Å²) in [4.78, 5) is 16.0. The molecule has 0 bridgehead atoms. The molecular formula is C12H16N2O3. The number of nitrogens with zero attached hydrogens (tertiary/aromatic N) is 2. The fourth-order valence-electron chi connectivity index (χ4n) is 2.05. The Morgan fingerprint density at radius 2 is 2.24 bits per heavy atom. The summed E-state index contributed by atoms with van der Waals surface area (Å²) in [5.74, 6) is 0.901. The van der Waals surface area contributed by atoms with Crippen LogP contribution in [0.1, 0.15) is 19.8 Å². The summed E-state index contributed by atoms with van der Waals surface area (Å²) in [6.07, 6.45) is 2.26. The van der Waals surface area contributed by atoms with Crippen molar-refractivity contribution in [2.24, 2.45) is 5.92 Å². The van der Waals surface area contributed by atoms with Gasteiger partial charge in [0, 0.05) is 19.2 Å². The van der Waals surface area contributed by atoms with Gasteiger partial charge in [0.15, 0.2) is 0 Å². The summed E-state index contributed by atoms with van der Waals surface area (Å²) < 4.78 is 0. The van der Waals surface area contributed by atoms with Gasteiger partial charge in [-0.3, -0.25) is 10.1 Å². The zero-order chi connectivity index (χ0) is 12.3. The van der Waals surface area contributed by atoms with Crippen LogP contribution < -0.4 is 4.84 Å². The highest BCUT2D eigenvalue weighted by molar-refractivity contribution is 5.45. The van der Waals surface area contributed by atoms with Crippen LogP contribution in [-0.2, 0) is 0 Å². The maximum atomic E-state index is 10.8. The molecule has 92 valence electrons. The molecular weight excluding hydrogens is 220 g/mol. The van der Waals surface area contributed by atoms with Gasteiger partial charge in [0.25, 0.3) is 0 Å². The van der Waals surface area contributed by atoms with Gasteiger partial charge >= 0.3 is 5.69 Å². The molecule has 0 radical (unpaired) electrons. The summed E-state index contributed by atoms with van der Waals surface area (Å²) >= 11 is 0. The van der Waals surface area contributed by atoms with E-state index in [1.54, 1.807) is 18.2 Å². The molecule has 0 N–H and O–H groups in total. The first kappa shape index (κ1) is 11.9. The molecule has 5 nitrogen and oxygen atoms in total. The van der Waals surface area contributed by atoms with E-state index in [9.17, 15) is 10.1 Å². The Labute approximate surface area is 100 Å². The van der Waals surface area contributed by atoms with Gasteiger partial charge in [-0.15, -0.1) is 5.06 Å². The second-order valence-corrected chi connectivity index (χ2v) is 4.45. The maximum Gasteiger partial charge on any atom is 0.313 e. The quantitative estimate of drug-likeness (QED) is 0.598. The van der Waals surface area contributed by atoms with Crippen molar-refractivity contribution in [2.75, 3.05) is 13.1 Å². The molecule has 0 spiro atoms. The molecule has 1 fully saturated rings. The van der Waals surface area contributed by atoms with E-state index < -0.39 is 4.92 Å². The van der Waals surface area contributed by atoms with Gasteiger partial charge in [0.05, 0.1) is 4.92 Å². The van der Waals surface area contributed by atoms with E-state index in [4.69, 9.17) is 4.84 Å². The molecule has 5 heteroatoms. The van der Waals surface area contributed by atoms with Gasteiger partial charge in [0.1, 0.15) is 0 Å². The van der Waals surface area contributed by atoms with Crippen molar-refractivity contribution in [1.82, 2.24) is 5.06 Å². The van der Waals surface area contributed by atoms with Crippen LogP contribution in [0, 0.1) is 16.0 Å². The number of nitro benzene ring substituents is 1. The Bertz CT molecular complexity index is 408. The van der Waals surface area contributed by atoms with Crippen molar-refractivity contribution in [3.63, 3.8) is 0 Å². The van der Waals surface area contributed by atoms with Crippen LogP contribution in [0.3, 0.4) is 0 Å². The summed E-state index contributed by atoms with van der Waals surface area (Å²) in [5, 5.41) is 12.7. The lowest BCUT2D eigenvalue weighted by Crippen LogP contribution is -2.36. The molecule has 17 heavy (non-hydrogen) atoms. The van der Waals surface area contributed by atoms with Gasteiger partial charge in [0.2, 0.25) is 5.75 Å². The average molecular weight is 236 g/mol. The lowest BCUT2D eigenvalue weighted by Gasteiger charge is -2.29. The smallest absolute Gasteiger partial charge is 0.313 e. The van der Waals surface area contributed by atoms with Crippen LogP contribution in [0.2, 0.25) is 0 Å². The predicted octanol–water partition coefficient (Wildman–Crippen LogP) is 2.62. The predicted molar refractivity (Wildman–Crippen MR) is 63.7 cm³/mol. The third-order valence-corrected chi connectivity index (χ3v) is 2.91. The highest BCUT2D eigenvalue weighted by Gasteiger charge is 2.21. The van der Waals surface area contributed by atoms with E-state index >= 15 is 0 Å². The fourth-order valence-corrected chi connectivity index (χ4v) is 2.05. The van der Waals surface area contributed by atoms with E-state index in [1.807, 2.05) is 5.06 Å². The number of piperidine rings is 1. The van der Waals surface area contributed by atoms with Crippen molar-refractivity contribution < 1.29 is 9.76 Å². The molecule has 1 heterocycles. The minimum Gasteiger partial charge on any atom is -0.399 e. The lowest BCUT2D eigenvalue weighted by atomic mass is 10.0. The van der Waals surface area contributed by atoms with Crippen LogP contribution >= 0.6 is 0 Å². The zero-order valence-electron chi connectivity index (χ0n) is 9.83. The second kappa shape index (κ2) is 5.14. The number of nitro groups is 1. The van der Waals surface area contributed by atoms with Crippen LogP contribution in [0.4, 0.5) is 5.69 Å². The monoisotopic (exact) mass is 236 g/mol. The first-order valence-electron chi connectivity index (χ1n) is 5.83. The largest absolute Gasteiger partial charge is 0.399 e. The first-order valence-corrected chi connectivity index (χ1v) is 5.83. The lowest BCUT2D eigenvalue weighted by molar-refractivity contribution is -0.387. The highest BCUT2D eigenvalue weighted by atomic mass is 16.7. The first-order chi connectivity index (χ1) is 8.16. The maximum absolute atomic E-state index is 10.8. The van der Waals surface area contributed by atoms with E-state index in [0.717, 1.165) is 19.5 Å². The Kier molecular flexibility index (Phi) is 3.58. The van der Waals surface area contributed by atoms with Crippen LogP contribution in [0.15, 0.2) is 24.3 Å². The summed E-state index contributed by atoms with van der Waals surface area (Å²) in [6, 6.07) is 6.49. The number of benzene rings is 1. The third kappa shape index (κ3) is 2.94. The van der Waals surface area contributed by atoms with Crippen molar-refractivity contribution >= 4 is 5.69 Å². The molecule has 0 amide bonds. The van der Waals surface area contributed by atoms with Crippen LogP contribution in [0.25, 0.3) is 0 Å². The molecule has 1 aliphatic rings. The Morgan fingerprint density at radius 1 is 1.47 bits per heavy atom. The van der Waals surface area contributed by atoms with Crippen LogP contribution in [0.5, 0.6) is 5.75 Å². The molecule has 1 unspecified atom stereocenters. The van der Waals surface area contributed by atoms with Gasteiger partial charge in [-0.05, 0) is 24.8 Å². The Balaban J connectivity index is 2.10. The molecule has 2 rings (SSSR count). The second-order valence-electron chi connectivity index (χ2n) is 4.45. The molecule has 0 aromatic heterocycles. The minimum atomic E-state index is -0.414. The Morgan fingerprint density at radius 3 is 2.94 bits per heavy atom. The van der Waals surface area contributed by atoms with Gasteiger partial charge in [-0.1, -0.05) is 19.1 Å². The number of hydrogen-bond donors (Lipinski definition) is 0. The van der Waals surface area contributed by atoms with E-state index in [1.165, 1.54) is 12.5 Å². The van der Waals surface area contributed by atoms with Gasteiger partial charge in [-0.25, -0.2) is 0 Å².